The van der Waals surface area contributed by atoms with Crippen molar-refractivity contribution in [3.8, 4) is 0 Å². The van der Waals surface area contributed by atoms with Gasteiger partial charge in [-0.15, -0.1) is 0 Å². The Bertz CT molecular complexity index is 762. The topological polar surface area (TPSA) is 29.5 Å². The molecule has 1 aliphatic heterocycles. The first kappa shape index (κ1) is 16.7. The van der Waals surface area contributed by atoms with E-state index in [1.165, 1.54) is 17.7 Å². The molecule has 2 fully saturated rings. The molecule has 0 radical (unpaired) electrons. The lowest BCUT2D eigenvalue weighted by molar-refractivity contribution is -0.140. The van der Waals surface area contributed by atoms with E-state index in [0.717, 1.165) is 16.5 Å². The van der Waals surface area contributed by atoms with Gasteiger partial charge >= 0.3 is 0 Å². The van der Waals surface area contributed by atoms with Crippen LogP contribution in [0.5, 0.6) is 0 Å². The number of morpholine rings is 1. The molecule has 5 heteroatoms. The summed E-state index contributed by atoms with van der Waals surface area (Å²) in [4.78, 5) is 14.7. The highest BCUT2D eigenvalue weighted by molar-refractivity contribution is 9.10. The molecular weight excluding hydrogens is 385 g/mol. The van der Waals surface area contributed by atoms with Crippen LogP contribution in [0.25, 0.3) is 0 Å². The van der Waals surface area contributed by atoms with Crippen molar-refractivity contribution in [2.24, 2.45) is 5.92 Å². The van der Waals surface area contributed by atoms with Crippen LogP contribution in [0.2, 0.25) is 0 Å². The molecule has 1 aliphatic carbocycles. The molecule has 3 unspecified atom stereocenters. The van der Waals surface area contributed by atoms with Crippen LogP contribution in [0.3, 0.4) is 0 Å². The van der Waals surface area contributed by atoms with E-state index in [-0.39, 0.29) is 23.7 Å². The van der Waals surface area contributed by atoms with Crippen LogP contribution in [0.1, 0.15) is 29.6 Å². The third kappa shape index (κ3) is 3.62. The van der Waals surface area contributed by atoms with E-state index in [4.69, 9.17) is 4.74 Å². The van der Waals surface area contributed by atoms with Crippen LogP contribution < -0.4 is 0 Å². The van der Waals surface area contributed by atoms with Crippen LogP contribution in [-0.4, -0.2) is 30.5 Å². The average molecular weight is 404 g/mol. The minimum atomic E-state index is -0.261. The van der Waals surface area contributed by atoms with E-state index in [2.05, 4.69) is 28.1 Å². The molecule has 4 rings (SSSR count). The fraction of sp³-hybridized carbons (Fsp3) is 0.350. The number of nitrogens with zero attached hydrogens (tertiary/aromatic N) is 1. The molecule has 0 aromatic heterocycles. The van der Waals surface area contributed by atoms with Crippen LogP contribution in [0.4, 0.5) is 4.39 Å². The number of carbonyl (C=O) groups excluding carboxylic acids is 1. The third-order valence-corrected chi connectivity index (χ3v) is 5.55. The standard InChI is InChI=1S/C20H19BrFNO2/c21-15-5-1-13(2-6-15)17-11-18(17)20(24)23-9-10-25-19(12-23)14-3-7-16(22)8-4-14/h1-8,17-19H,9-12H2. The monoisotopic (exact) mass is 403 g/mol. The summed E-state index contributed by atoms with van der Waals surface area (Å²) >= 11 is 3.44. The van der Waals surface area contributed by atoms with Crippen molar-refractivity contribution in [2.45, 2.75) is 18.4 Å². The normalized spacial score (nSPS) is 25.7. The highest BCUT2D eigenvalue weighted by Gasteiger charge is 2.46. The molecule has 1 amide bonds. The Labute approximate surface area is 154 Å². The molecule has 2 aromatic rings. The Morgan fingerprint density at radius 2 is 1.76 bits per heavy atom. The molecule has 0 N–H and O–H groups in total. The van der Waals surface area contributed by atoms with Crippen molar-refractivity contribution in [3.05, 3.63) is 69.9 Å². The van der Waals surface area contributed by atoms with Gasteiger partial charge < -0.3 is 9.64 Å². The number of carbonyl (C=O) groups is 1. The minimum Gasteiger partial charge on any atom is -0.370 e. The van der Waals surface area contributed by atoms with E-state index in [9.17, 15) is 9.18 Å². The van der Waals surface area contributed by atoms with Gasteiger partial charge in [-0.1, -0.05) is 40.2 Å². The van der Waals surface area contributed by atoms with Crippen LogP contribution in [0.15, 0.2) is 53.0 Å². The smallest absolute Gasteiger partial charge is 0.226 e. The number of ether oxygens (including phenoxy) is 1. The van der Waals surface area contributed by atoms with Gasteiger partial charge in [0.25, 0.3) is 0 Å². The van der Waals surface area contributed by atoms with Crippen molar-refractivity contribution >= 4 is 21.8 Å². The number of amides is 1. The molecule has 1 heterocycles. The summed E-state index contributed by atoms with van der Waals surface area (Å²) in [7, 11) is 0. The summed E-state index contributed by atoms with van der Waals surface area (Å²) < 4.78 is 19.9. The van der Waals surface area contributed by atoms with Crippen LogP contribution in [-0.2, 0) is 9.53 Å². The molecule has 130 valence electrons. The van der Waals surface area contributed by atoms with E-state index >= 15 is 0 Å². The van der Waals surface area contributed by atoms with E-state index < -0.39 is 0 Å². The molecule has 2 aromatic carbocycles. The maximum Gasteiger partial charge on any atom is 0.226 e. The van der Waals surface area contributed by atoms with Crippen molar-refractivity contribution in [1.82, 2.24) is 4.90 Å². The van der Waals surface area contributed by atoms with Crippen molar-refractivity contribution in [3.63, 3.8) is 0 Å². The fourth-order valence-electron chi connectivity index (χ4n) is 3.51. The lowest BCUT2D eigenvalue weighted by Gasteiger charge is -2.33. The molecule has 1 saturated carbocycles. The first-order valence-electron chi connectivity index (χ1n) is 8.53. The van der Waals surface area contributed by atoms with Crippen LogP contribution >= 0.6 is 15.9 Å². The van der Waals surface area contributed by atoms with Crippen molar-refractivity contribution in [2.75, 3.05) is 19.7 Å². The number of halogens is 2. The minimum absolute atomic E-state index is 0.0770. The number of rotatable bonds is 3. The number of benzene rings is 2. The highest BCUT2D eigenvalue weighted by atomic mass is 79.9. The molecule has 2 aliphatic rings. The van der Waals surface area contributed by atoms with Gasteiger partial charge in [0.05, 0.1) is 13.2 Å². The lowest BCUT2D eigenvalue weighted by atomic mass is 10.1. The Morgan fingerprint density at radius 3 is 2.48 bits per heavy atom. The van der Waals surface area contributed by atoms with Gasteiger partial charge in [-0.2, -0.15) is 0 Å². The summed E-state index contributed by atoms with van der Waals surface area (Å²) in [5.41, 5.74) is 2.14. The molecule has 0 bridgehead atoms. The summed E-state index contributed by atoms with van der Waals surface area (Å²) in [6.45, 7) is 1.68. The lowest BCUT2D eigenvalue weighted by Crippen LogP contribution is -2.43. The SMILES string of the molecule is O=C(C1CC1c1ccc(Br)cc1)N1CCOC(c2ccc(F)cc2)C1. The largest absolute Gasteiger partial charge is 0.370 e. The van der Waals surface area contributed by atoms with Gasteiger partial charge in [0.2, 0.25) is 5.91 Å². The number of hydrogen-bond donors (Lipinski definition) is 0. The van der Waals surface area contributed by atoms with Gasteiger partial charge in [0, 0.05) is 16.9 Å². The van der Waals surface area contributed by atoms with Crippen LogP contribution in [0, 0.1) is 11.7 Å². The maximum absolute atomic E-state index is 13.1. The summed E-state index contributed by atoms with van der Waals surface area (Å²) in [5.74, 6) is 0.354. The molecule has 0 spiro atoms. The summed E-state index contributed by atoms with van der Waals surface area (Å²) in [6, 6.07) is 14.5. The molecule has 25 heavy (non-hydrogen) atoms. The summed E-state index contributed by atoms with van der Waals surface area (Å²) in [6.07, 6.45) is 0.738. The van der Waals surface area contributed by atoms with Gasteiger partial charge in [0.1, 0.15) is 11.9 Å². The Hall–Kier alpha value is -1.72. The second kappa shape index (κ2) is 6.89. The number of hydrogen-bond acceptors (Lipinski definition) is 2. The highest BCUT2D eigenvalue weighted by Crippen LogP contribution is 2.49. The Balaban J connectivity index is 1.41. The van der Waals surface area contributed by atoms with E-state index in [0.29, 0.717) is 25.6 Å². The van der Waals surface area contributed by atoms with Gasteiger partial charge in [0.15, 0.2) is 0 Å². The zero-order valence-corrected chi connectivity index (χ0v) is 15.3. The summed E-state index contributed by atoms with van der Waals surface area (Å²) in [5, 5.41) is 0. The predicted molar refractivity (Wildman–Crippen MR) is 96.7 cm³/mol. The second-order valence-corrected chi connectivity index (χ2v) is 7.61. The van der Waals surface area contributed by atoms with E-state index in [1.54, 1.807) is 12.1 Å². The maximum atomic E-state index is 13.1. The van der Waals surface area contributed by atoms with Gasteiger partial charge in [-0.05, 0) is 47.7 Å². The molecular formula is C20H19BrFNO2. The van der Waals surface area contributed by atoms with E-state index in [1.807, 2.05) is 17.0 Å². The first-order valence-corrected chi connectivity index (χ1v) is 9.32. The van der Waals surface area contributed by atoms with Crippen molar-refractivity contribution < 1.29 is 13.9 Å². The molecule has 1 saturated heterocycles. The second-order valence-electron chi connectivity index (χ2n) is 6.70. The van der Waals surface area contributed by atoms with Gasteiger partial charge in [-0.3, -0.25) is 4.79 Å². The first-order chi connectivity index (χ1) is 12.1. The Kier molecular flexibility index (Phi) is 4.61. The van der Waals surface area contributed by atoms with Crippen molar-refractivity contribution in [1.29, 1.82) is 0 Å². The average Bonchev–Trinajstić information content (AvgIpc) is 3.43. The fourth-order valence-corrected chi connectivity index (χ4v) is 3.77. The predicted octanol–water partition coefficient (Wildman–Crippen LogP) is 4.29. The van der Waals surface area contributed by atoms with Gasteiger partial charge in [-0.25, -0.2) is 4.39 Å². The molecule has 3 nitrogen and oxygen atoms in total. The Morgan fingerprint density at radius 1 is 1.08 bits per heavy atom. The molecule has 3 atom stereocenters. The quantitative estimate of drug-likeness (QED) is 0.764. The zero-order chi connectivity index (χ0) is 17.4. The zero-order valence-electron chi connectivity index (χ0n) is 13.7. The third-order valence-electron chi connectivity index (χ3n) is 5.03.